The van der Waals surface area contributed by atoms with E-state index >= 15 is 0 Å². The molecule has 0 aliphatic heterocycles. The average Bonchev–Trinajstić information content (AvgIpc) is 2.36. The molecule has 6 heteroatoms. The summed E-state index contributed by atoms with van der Waals surface area (Å²) in [6, 6.07) is 0.133. The molecular formula is C15H33N5O. The monoisotopic (exact) mass is 299 g/mol. The first-order chi connectivity index (χ1) is 9.77. The summed E-state index contributed by atoms with van der Waals surface area (Å²) < 4.78 is 0. The zero-order valence-corrected chi connectivity index (χ0v) is 13.8. The van der Waals surface area contributed by atoms with Gasteiger partial charge in [0, 0.05) is 19.0 Å². The number of carbonyl (C=O) groups excluding carboxylic acids is 1. The molecule has 7 N–H and O–H groups in total. The first kappa shape index (κ1) is 19.7. The van der Waals surface area contributed by atoms with Crippen molar-refractivity contribution in [1.29, 1.82) is 5.41 Å². The molecule has 0 saturated carbocycles. The van der Waals surface area contributed by atoms with Gasteiger partial charge in [0.2, 0.25) is 5.91 Å². The molecule has 1 amide bonds. The number of amides is 1. The molecular weight excluding hydrogens is 266 g/mol. The highest BCUT2D eigenvalue weighted by Gasteiger charge is 2.25. The highest BCUT2D eigenvalue weighted by molar-refractivity contribution is 5.76. The van der Waals surface area contributed by atoms with Crippen LogP contribution in [0.2, 0.25) is 0 Å². The maximum Gasteiger partial charge on any atom is 0.220 e. The minimum Gasteiger partial charge on any atom is -0.370 e. The largest absolute Gasteiger partial charge is 0.370 e. The van der Waals surface area contributed by atoms with Crippen molar-refractivity contribution in [2.24, 2.45) is 16.9 Å². The van der Waals surface area contributed by atoms with Gasteiger partial charge in [-0.1, -0.05) is 27.2 Å². The van der Waals surface area contributed by atoms with Crippen LogP contribution < -0.4 is 22.1 Å². The lowest BCUT2D eigenvalue weighted by Gasteiger charge is -2.31. The van der Waals surface area contributed by atoms with Gasteiger partial charge in [-0.2, -0.15) is 0 Å². The lowest BCUT2D eigenvalue weighted by Crippen LogP contribution is -2.44. The van der Waals surface area contributed by atoms with Crippen molar-refractivity contribution in [3.05, 3.63) is 0 Å². The molecule has 1 unspecified atom stereocenters. The maximum absolute atomic E-state index is 12.0. The Morgan fingerprint density at radius 3 is 2.38 bits per heavy atom. The fourth-order valence-electron chi connectivity index (χ4n) is 2.12. The smallest absolute Gasteiger partial charge is 0.220 e. The molecule has 0 radical (unpaired) electrons. The maximum atomic E-state index is 12.0. The summed E-state index contributed by atoms with van der Waals surface area (Å²) in [6.07, 6.45) is 5.19. The van der Waals surface area contributed by atoms with Gasteiger partial charge in [-0.15, -0.1) is 0 Å². The number of carbonyl (C=O) groups is 1. The molecule has 0 spiro atoms. The third-order valence-electron chi connectivity index (χ3n) is 3.47. The van der Waals surface area contributed by atoms with Crippen LogP contribution in [-0.4, -0.2) is 31.0 Å². The fourth-order valence-corrected chi connectivity index (χ4v) is 2.12. The molecule has 0 bridgehead atoms. The molecule has 6 nitrogen and oxygen atoms in total. The number of hydrogen-bond donors (Lipinski definition) is 5. The van der Waals surface area contributed by atoms with E-state index in [1.54, 1.807) is 0 Å². The summed E-state index contributed by atoms with van der Waals surface area (Å²) in [5.74, 6) is 0.109. The van der Waals surface area contributed by atoms with Crippen molar-refractivity contribution >= 4 is 11.9 Å². The summed E-state index contributed by atoms with van der Waals surface area (Å²) in [4.78, 5) is 12.0. The van der Waals surface area contributed by atoms with Crippen molar-refractivity contribution in [2.45, 2.75) is 65.3 Å². The van der Waals surface area contributed by atoms with E-state index in [4.69, 9.17) is 16.9 Å². The molecule has 0 rings (SSSR count). The minimum atomic E-state index is -0.00810. The predicted molar refractivity (Wildman–Crippen MR) is 88.1 cm³/mol. The molecule has 0 aromatic rings. The summed E-state index contributed by atoms with van der Waals surface area (Å²) >= 11 is 0. The topological polar surface area (TPSA) is 117 Å². The summed E-state index contributed by atoms with van der Waals surface area (Å²) in [7, 11) is 0. The quantitative estimate of drug-likeness (QED) is 0.237. The van der Waals surface area contributed by atoms with Crippen LogP contribution in [0.3, 0.4) is 0 Å². The van der Waals surface area contributed by atoms with Gasteiger partial charge in [-0.25, -0.2) is 0 Å². The second kappa shape index (κ2) is 10.4. The van der Waals surface area contributed by atoms with E-state index in [1.807, 2.05) is 0 Å². The van der Waals surface area contributed by atoms with Crippen molar-refractivity contribution in [1.82, 2.24) is 10.6 Å². The van der Waals surface area contributed by atoms with Gasteiger partial charge < -0.3 is 22.1 Å². The van der Waals surface area contributed by atoms with E-state index in [0.717, 1.165) is 32.1 Å². The van der Waals surface area contributed by atoms with Crippen molar-refractivity contribution in [3.8, 4) is 0 Å². The molecule has 0 aliphatic carbocycles. The van der Waals surface area contributed by atoms with Crippen LogP contribution in [0.5, 0.6) is 0 Å². The number of rotatable bonds is 10. The van der Waals surface area contributed by atoms with Crippen LogP contribution in [0.25, 0.3) is 0 Å². The average molecular weight is 299 g/mol. The first-order valence-corrected chi connectivity index (χ1v) is 7.84. The molecule has 124 valence electrons. The van der Waals surface area contributed by atoms with Crippen molar-refractivity contribution in [2.75, 3.05) is 13.1 Å². The molecule has 0 aromatic heterocycles. The highest BCUT2D eigenvalue weighted by Crippen LogP contribution is 2.23. The van der Waals surface area contributed by atoms with Crippen LogP contribution in [0.4, 0.5) is 0 Å². The number of guanidine groups is 1. The van der Waals surface area contributed by atoms with Gasteiger partial charge in [-0.05, 0) is 37.6 Å². The molecule has 21 heavy (non-hydrogen) atoms. The highest BCUT2D eigenvalue weighted by atomic mass is 16.1. The van der Waals surface area contributed by atoms with Crippen LogP contribution in [0.15, 0.2) is 0 Å². The van der Waals surface area contributed by atoms with Crippen LogP contribution in [0.1, 0.15) is 59.3 Å². The molecule has 1 atom stereocenters. The van der Waals surface area contributed by atoms with Crippen LogP contribution in [0, 0.1) is 10.8 Å². The fraction of sp³-hybridized carbons (Fsp3) is 0.867. The van der Waals surface area contributed by atoms with Crippen LogP contribution >= 0.6 is 0 Å². The third-order valence-corrected chi connectivity index (χ3v) is 3.47. The number of hydrogen-bond acceptors (Lipinski definition) is 3. The van der Waals surface area contributed by atoms with E-state index in [9.17, 15) is 4.79 Å². The summed E-state index contributed by atoms with van der Waals surface area (Å²) in [5, 5.41) is 13.0. The Kier molecular flexibility index (Phi) is 9.78. The van der Waals surface area contributed by atoms with Gasteiger partial charge in [0.1, 0.15) is 0 Å². The lowest BCUT2D eigenvalue weighted by molar-refractivity contribution is -0.122. The predicted octanol–water partition coefficient (Wildman–Crippen LogP) is 1.30. The van der Waals surface area contributed by atoms with Crippen molar-refractivity contribution < 1.29 is 4.79 Å². The van der Waals surface area contributed by atoms with Crippen LogP contribution in [-0.2, 0) is 4.79 Å². The second-order valence-corrected chi connectivity index (χ2v) is 6.57. The zero-order chi connectivity index (χ0) is 16.3. The van der Waals surface area contributed by atoms with E-state index in [1.165, 1.54) is 0 Å². The normalized spacial score (nSPS) is 12.8. The number of nitrogens with one attached hydrogen (secondary N) is 3. The SMILES string of the molecule is CC(C)(C)C(CCCNC(=N)N)NC(=O)CCCCCN. The van der Waals surface area contributed by atoms with E-state index in [0.29, 0.717) is 19.5 Å². The van der Waals surface area contributed by atoms with Crippen molar-refractivity contribution in [3.63, 3.8) is 0 Å². The van der Waals surface area contributed by atoms with Gasteiger partial charge in [0.15, 0.2) is 5.96 Å². The van der Waals surface area contributed by atoms with E-state index in [2.05, 4.69) is 31.4 Å². The molecule has 0 saturated heterocycles. The Balaban J connectivity index is 4.12. The first-order valence-electron chi connectivity index (χ1n) is 7.84. The van der Waals surface area contributed by atoms with E-state index < -0.39 is 0 Å². The Bertz CT molecular complexity index is 312. The number of nitrogens with two attached hydrogens (primary N) is 2. The Hall–Kier alpha value is -1.30. The van der Waals surface area contributed by atoms with Gasteiger partial charge in [0.05, 0.1) is 0 Å². The minimum absolute atomic E-state index is 0.00810. The van der Waals surface area contributed by atoms with Gasteiger partial charge in [-0.3, -0.25) is 10.2 Å². The Morgan fingerprint density at radius 1 is 1.19 bits per heavy atom. The molecule has 0 heterocycles. The summed E-state index contributed by atoms with van der Waals surface area (Å²) in [6.45, 7) is 7.74. The van der Waals surface area contributed by atoms with E-state index in [-0.39, 0.29) is 23.3 Å². The second-order valence-electron chi connectivity index (χ2n) is 6.57. The summed E-state index contributed by atoms with van der Waals surface area (Å²) in [5.41, 5.74) is 10.7. The third kappa shape index (κ3) is 11.1. The molecule has 0 fully saturated rings. The molecule has 0 aliphatic rings. The van der Waals surface area contributed by atoms with Gasteiger partial charge in [0.25, 0.3) is 0 Å². The van der Waals surface area contributed by atoms with Gasteiger partial charge >= 0.3 is 0 Å². The molecule has 0 aromatic carbocycles. The Morgan fingerprint density at radius 2 is 1.86 bits per heavy atom. The standard InChI is InChI=1S/C15H33N5O/c1-15(2,3)12(8-7-11-19-14(17)18)20-13(21)9-5-4-6-10-16/h12H,4-11,16H2,1-3H3,(H,20,21)(H4,17,18,19). The lowest BCUT2D eigenvalue weighted by atomic mass is 9.84. The Labute approximate surface area is 128 Å². The zero-order valence-electron chi connectivity index (χ0n) is 13.8. The number of unbranched alkanes of at least 4 members (excludes halogenated alkanes) is 2.